The van der Waals surface area contributed by atoms with E-state index in [2.05, 4.69) is 61.1 Å². The quantitative estimate of drug-likeness (QED) is 0.720. The number of aromatic nitrogens is 2. The van der Waals surface area contributed by atoms with Gasteiger partial charge in [0.15, 0.2) is 0 Å². The third-order valence-electron chi connectivity index (χ3n) is 7.11. The summed E-state index contributed by atoms with van der Waals surface area (Å²) in [5.74, 6) is 3.02. The van der Waals surface area contributed by atoms with Crippen LogP contribution in [0.5, 0.6) is 0 Å². The Bertz CT molecular complexity index is 894. The summed E-state index contributed by atoms with van der Waals surface area (Å²) < 4.78 is 5.45. The predicted molar refractivity (Wildman–Crippen MR) is 125 cm³/mol. The van der Waals surface area contributed by atoms with Crippen LogP contribution in [-0.2, 0) is 16.0 Å². The van der Waals surface area contributed by atoms with Gasteiger partial charge in [-0.3, -0.25) is 4.79 Å². The van der Waals surface area contributed by atoms with E-state index >= 15 is 0 Å². The Labute approximate surface area is 190 Å². The van der Waals surface area contributed by atoms with Crippen LogP contribution < -0.4 is 9.80 Å². The van der Waals surface area contributed by atoms with Crippen LogP contribution in [0.2, 0.25) is 0 Å². The number of benzene rings is 1. The molecule has 4 heterocycles. The molecule has 1 aromatic heterocycles. The van der Waals surface area contributed by atoms with Crippen molar-refractivity contribution >= 4 is 17.5 Å². The van der Waals surface area contributed by atoms with Gasteiger partial charge in [0.2, 0.25) is 5.91 Å². The van der Waals surface area contributed by atoms with Gasteiger partial charge >= 0.3 is 0 Å². The molecule has 7 nitrogen and oxygen atoms in total. The number of anilines is 2. The van der Waals surface area contributed by atoms with Crippen molar-refractivity contribution in [1.82, 2.24) is 14.9 Å². The number of carbonyl (C=O) groups is 1. The standard InChI is InChI=1S/C25H33N5O2/c31-25(30-9-6-21(18-30)16-20-4-2-1-3-5-20)22-7-10-28(11-8-22)23-17-24(27-19-26-23)29-12-14-32-15-13-29/h1-5,17,19,21-22H,6-16,18H2. The van der Waals surface area contributed by atoms with Crippen molar-refractivity contribution in [2.45, 2.75) is 25.7 Å². The molecular formula is C25H33N5O2. The number of nitrogens with zero attached hydrogens (tertiary/aromatic N) is 5. The molecular weight excluding hydrogens is 402 g/mol. The summed E-state index contributed by atoms with van der Waals surface area (Å²) in [6.45, 7) is 6.79. The largest absolute Gasteiger partial charge is 0.378 e. The number of morpholine rings is 1. The average molecular weight is 436 g/mol. The number of rotatable bonds is 5. The molecule has 1 aromatic carbocycles. The highest BCUT2D eigenvalue weighted by atomic mass is 16.5. The second-order valence-corrected chi connectivity index (χ2v) is 9.22. The van der Waals surface area contributed by atoms with Crippen LogP contribution in [0, 0.1) is 11.8 Å². The molecule has 2 aromatic rings. The Balaban J connectivity index is 1.13. The molecule has 1 amide bonds. The number of piperidine rings is 1. The molecule has 3 saturated heterocycles. The molecule has 0 aliphatic carbocycles. The van der Waals surface area contributed by atoms with Crippen LogP contribution in [0.1, 0.15) is 24.8 Å². The summed E-state index contributed by atoms with van der Waals surface area (Å²) in [5.41, 5.74) is 1.38. The molecule has 7 heteroatoms. The van der Waals surface area contributed by atoms with Gasteiger partial charge in [0.05, 0.1) is 13.2 Å². The molecule has 3 fully saturated rings. The smallest absolute Gasteiger partial charge is 0.225 e. The van der Waals surface area contributed by atoms with Crippen molar-refractivity contribution in [2.75, 3.05) is 62.3 Å². The maximum atomic E-state index is 13.2. The third-order valence-corrected chi connectivity index (χ3v) is 7.11. The van der Waals surface area contributed by atoms with Crippen LogP contribution >= 0.6 is 0 Å². The van der Waals surface area contributed by atoms with Gasteiger partial charge in [0.1, 0.15) is 18.0 Å². The van der Waals surface area contributed by atoms with E-state index in [1.165, 1.54) is 5.56 Å². The van der Waals surface area contributed by atoms with Crippen molar-refractivity contribution in [1.29, 1.82) is 0 Å². The highest BCUT2D eigenvalue weighted by molar-refractivity contribution is 5.79. The second kappa shape index (κ2) is 9.86. The molecule has 3 aliphatic rings. The number of amides is 1. The summed E-state index contributed by atoms with van der Waals surface area (Å²) in [5, 5.41) is 0. The Hall–Kier alpha value is -2.67. The van der Waals surface area contributed by atoms with Crippen LogP contribution in [0.25, 0.3) is 0 Å². The minimum absolute atomic E-state index is 0.141. The number of ether oxygens (including phenoxy) is 1. The first-order valence-electron chi connectivity index (χ1n) is 12.0. The summed E-state index contributed by atoms with van der Waals surface area (Å²) in [6, 6.07) is 12.7. The van der Waals surface area contributed by atoms with Gasteiger partial charge in [-0.25, -0.2) is 9.97 Å². The first kappa shape index (κ1) is 21.2. The van der Waals surface area contributed by atoms with E-state index in [4.69, 9.17) is 4.74 Å². The van der Waals surface area contributed by atoms with Crippen LogP contribution in [0.3, 0.4) is 0 Å². The fourth-order valence-corrected chi connectivity index (χ4v) is 5.24. The third kappa shape index (κ3) is 4.88. The van der Waals surface area contributed by atoms with Crippen LogP contribution in [-0.4, -0.2) is 73.3 Å². The number of hydrogen-bond donors (Lipinski definition) is 0. The second-order valence-electron chi connectivity index (χ2n) is 9.22. The predicted octanol–water partition coefficient (Wildman–Crippen LogP) is 2.62. The van der Waals surface area contributed by atoms with Crippen molar-refractivity contribution < 1.29 is 9.53 Å². The fraction of sp³-hybridized carbons (Fsp3) is 0.560. The molecule has 0 N–H and O–H groups in total. The molecule has 0 radical (unpaired) electrons. The summed E-state index contributed by atoms with van der Waals surface area (Å²) >= 11 is 0. The van der Waals surface area contributed by atoms with Gasteiger partial charge in [-0.2, -0.15) is 0 Å². The summed E-state index contributed by atoms with van der Waals surface area (Å²) in [4.78, 5) is 28.8. The summed E-state index contributed by atoms with van der Waals surface area (Å²) in [6.07, 6.45) is 5.65. The lowest BCUT2D eigenvalue weighted by molar-refractivity contribution is -0.135. The van der Waals surface area contributed by atoms with E-state index in [1.54, 1.807) is 6.33 Å². The van der Waals surface area contributed by atoms with Gasteiger partial charge < -0.3 is 19.4 Å². The van der Waals surface area contributed by atoms with Crippen LogP contribution in [0.4, 0.5) is 11.6 Å². The molecule has 1 atom stereocenters. The van der Waals surface area contributed by atoms with Crippen molar-refractivity contribution in [3.05, 3.63) is 48.3 Å². The van der Waals surface area contributed by atoms with Crippen molar-refractivity contribution in [3.63, 3.8) is 0 Å². The number of hydrogen-bond acceptors (Lipinski definition) is 6. The van der Waals surface area contributed by atoms with Gasteiger partial charge in [0, 0.05) is 51.3 Å². The van der Waals surface area contributed by atoms with E-state index in [0.717, 1.165) is 89.8 Å². The zero-order valence-electron chi connectivity index (χ0n) is 18.7. The van der Waals surface area contributed by atoms with Gasteiger partial charge in [0.25, 0.3) is 0 Å². The normalized spacial score (nSPS) is 22.4. The minimum Gasteiger partial charge on any atom is -0.378 e. The molecule has 0 bridgehead atoms. The minimum atomic E-state index is 0.141. The van der Waals surface area contributed by atoms with E-state index in [-0.39, 0.29) is 5.92 Å². The Morgan fingerprint density at radius 2 is 1.59 bits per heavy atom. The molecule has 5 rings (SSSR count). The SMILES string of the molecule is O=C(C1CCN(c2cc(N3CCOCC3)ncn2)CC1)N1CCC(Cc2ccccc2)C1. The van der Waals surface area contributed by atoms with E-state index in [1.807, 2.05) is 0 Å². The number of carbonyl (C=O) groups excluding carboxylic acids is 1. The lowest BCUT2D eigenvalue weighted by Crippen LogP contribution is -2.42. The van der Waals surface area contributed by atoms with E-state index < -0.39 is 0 Å². The maximum Gasteiger partial charge on any atom is 0.225 e. The Morgan fingerprint density at radius 3 is 2.31 bits per heavy atom. The first-order valence-corrected chi connectivity index (χ1v) is 12.0. The molecule has 32 heavy (non-hydrogen) atoms. The monoisotopic (exact) mass is 435 g/mol. The fourth-order valence-electron chi connectivity index (χ4n) is 5.24. The highest BCUT2D eigenvalue weighted by Gasteiger charge is 2.33. The van der Waals surface area contributed by atoms with E-state index in [0.29, 0.717) is 11.8 Å². The Kier molecular flexibility index (Phi) is 6.53. The zero-order valence-corrected chi connectivity index (χ0v) is 18.7. The molecule has 3 aliphatic heterocycles. The Morgan fingerprint density at radius 1 is 0.906 bits per heavy atom. The topological polar surface area (TPSA) is 61.8 Å². The van der Waals surface area contributed by atoms with Gasteiger partial charge in [-0.15, -0.1) is 0 Å². The summed E-state index contributed by atoms with van der Waals surface area (Å²) in [7, 11) is 0. The highest BCUT2D eigenvalue weighted by Crippen LogP contribution is 2.28. The van der Waals surface area contributed by atoms with Gasteiger partial charge in [-0.05, 0) is 37.2 Å². The van der Waals surface area contributed by atoms with Crippen molar-refractivity contribution in [2.24, 2.45) is 11.8 Å². The zero-order chi connectivity index (χ0) is 21.8. The van der Waals surface area contributed by atoms with Crippen molar-refractivity contribution in [3.8, 4) is 0 Å². The first-order chi connectivity index (χ1) is 15.8. The average Bonchev–Trinajstić information content (AvgIpc) is 3.33. The maximum absolute atomic E-state index is 13.2. The lowest BCUT2D eigenvalue weighted by Gasteiger charge is -2.34. The molecule has 1 unspecified atom stereocenters. The number of likely N-dealkylation sites (tertiary alicyclic amines) is 1. The van der Waals surface area contributed by atoms with E-state index in [9.17, 15) is 4.79 Å². The molecule has 170 valence electrons. The molecule has 0 spiro atoms. The molecule has 0 saturated carbocycles. The van der Waals surface area contributed by atoms with Gasteiger partial charge in [-0.1, -0.05) is 30.3 Å². The van der Waals surface area contributed by atoms with Crippen LogP contribution in [0.15, 0.2) is 42.7 Å². The lowest BCUT2D eigenvalue weighted by atomic mass is 9.95.